The third-order valence-electron chi connectivity index (χ3n) is 3.41. The molecule has 0 unspecified atom stereocenters. The summed E-state index contributed by atoms with van der Waals surface area (Å²) in [4.78, 5) is 22.6. The molecule has 0 amide bonds. The van der Waals surface area contributed by atoms with Crippen molar-refractivity contribution in [2.45, 2.75) is 38.1 Å². The van der Waals surface area contributed by atoms with Gasteiger partial charge in [0.2, 0.25) is 11.5 Å². The minimum Gasteiger partial charge on any atom is -0.351 e. The molecule has 0 bridgehead atoms. The molecule has 2 aromatic rings. The average Bonchev–Trinajstić information content (AvgIpc) is 2.39. The first-order valence-corrected chi connectivity index (χ1v) is 6.44. The van der Waals surface area contributed by atoms with Crippen molar-refractivity contribution >= 4 is 17.0 Å². The fraction of sp³-hybridized carbons (Fsp3) is 0.462. The second-order valence-corrected chi connectivity index (χ2v) is 4.80. The van der Waals surface area contributed by atoms with Crippen molar-refractivity contribution in [3.8, 4) is 0 Å². The van der Waals surface area contributed by atoms with Crippen LogP contribution in [0.2, 0.25) is 0 Å². The third kappa shape index (κ3) is 2.34. The van der Waals surface area contributed by atoms with Gasteiger partial charge in [-0.3, -0.25) is 4.79 Å². The number of anilines is 1. The number of hydrogen-bond donors (Lipinski definition) is 2. The summed E-state index contributed by atoms with van der Waals surface area (Å²) in [5.74, 6) is 0.608. The SMILES string of the molecule is O=c1ccc2cnc(NC3CCCCC3)nc2[nH]1. The van der Waals surface area contributed by atoms with Gasteiger partial charge < -0.3 is 10.3 Å². The first-order chi connectivity index (χ1) is 8.81. The number of rotatable bonds is 2. The Labute approximate surface area is 105 Å². The zero-order valence-corrected chi connectivity index (χ0v) is 10.1. The van der Waals surface area contributed by atoms with E-state index in [0.717, 1.165) is 5.39 Å². The predicted molar refractivity (Wildman–Crippen MR) is 70.7 cm³/mol. The van der Waals surface area contributed by atoms with Crippen molar-refractivity contribution in [1.29, 1.82) is 0 Å². The quantitative estimate of drug-likeness (QED) is 0.848. The third-order valence-corrected chi connectivity index (χ3v) is 3.41. The summed E-state index contributed by atoms with van der Waals surface area (Å²) in [5, 5.41) is 4.20. The van der Waals surface area contributed by atoms with Crippen LogP contribution in [0.1, 0.15) is 32.1 Å². The van der Waals surface area contributed by atoms with Crippen LogP contribution in [0, 0.1) is 0 Å². The van der Waals surface area contributed by atoms with Gasteiger partial charge in [-0.05, 0) is 18.9 Å². The molecule has 0 radical (unpaired) electrons. The summed E-state index contributed by atoms with van der Waals surface area (Å²) < 4.78 is 0. The maximum Gasteiger partial charge on any atom is 0.249 e. The number of aromatic amines is 1. The zero-order valence-electron chi connectivity index (χ0n) is 10.1. The van der Waals surface area contributed by atoms with E-state index in [0.29, 0.717) is 17.6 Å². The van der Waals surface area contributed by atoms with Gasteiger partial charge in [0.05, 0.1) is 0 Å². The van der Waals surface area contributed by atoms with Crippen LogP contribution in [-0.4, -0.2) is 21.0 Å². The van der Waals surface area contributed by atoms with Crippen LogP contribution in [0.15, 0.2) is 23.1 Å². The lowest BCUT2D eigenvalue weighted by molar-refractivity contribution is 0.461. The summed E-state index contributed by atoms with van der Waals surface area (Å²) in [6, 6.07) is 3.69. The van der Waals surface area contributed by atoms with E-state index >= 15 is 0 Å². The first-order valence-electron chi connectivity index (χ1n) is 6.44. The highest BCUT2D eigenvalue weighted by atomic mass is 16.1. The van der Waals surface area contributed by atoms with Gasteiger partial charge >= 0.3 is 0 Å². The van der Waals surface area contributed by atoms with E-state index in [-0.39, 0.29) is 5.56 Å². The average molecular weight is 244 g/mol. The summed E-state index contributed by atoms with van der Waals surface area (Å²) in [6.45, 7) is 0. The molecule has 5 nitrogen and oxygen atoms in total. The lowest BCUT2D eigenvalue weighted by Crippen LogP contribution is -2.23. The fourth-order valence-electron chi connectivity index (χ4n) is 2.44. The number of fused-ring (bicyclic) bond motifs is 1. The molecule has 1 aliphatic carbocycles. The van der Waals surface area contributed by atoms with Gasteiger partial charge in [-0.1, -0.05) is 19.3 Å². The van der Waals surface area contributed by atoms with Crippen molar-refractivity contribution in [3.63, 3.8) is 0 Å². The topological polar surface area (TPSA) is 70.7 Å². The van der Waals surface area contributed by atoms with Gasteiger partial charge in [0.25, 0.3) is 0 Å². The molecule has 1 fully saturated rings. The Hall–Kier alpha value is -1.91. The lowest BCUT2D eigenvalue weighted by Gasteiger charge is -2.22. The van der Waals surface area contributed by atoms with Gasteiger partial charge in [-0.25, -0.2) is 4.98 Å². The van der Waals surface area contributed by atoms with E-state index in [4.69, 9.17) is 0 Å². The molecule has 2 heterocycles. The molecule has 5 heteroatoms. The van der Waals surface area contributed by atoms with Gasteiger partial charge in [0.1, 0.15) is 5.65 Å². The molecule has 0 saturated heterocycles. The van der Waals surface area contributed by atoms with Crippen molar-refractivity contribution in [1.82, 2.24) is 15.0 Å². The van der Waals surface area contributed by atoms with Crippen LogP contribution < -0.4 is 10.9 Å². The molecule has 1 aliphatic rings. The van der Waals surface area contributed by atoms with Crippen LogP contribution in [0.4, 0.5) is 5.95 Å². The molecule has 2 aromatic heterocycles. The van der Waals surface area contributed by atoms with E-state index in [1.807, 2.05) is 0 Å². The molecular formula is C13H16N4O. The monoisotopic (exact) mass is 244 g/mol. The van der Waals surface area contributed by atoms with Gasteiger partial charge in [-0.15, -0.1) is 0 Å². The maximum absolute atomic E-state index is 11.2. The summed E-state index contributed by atoms with van der Waals surface area (Å²) in [7, 11) is 0. The van der Waals surface area contributed by atoms with E-state index in [1.165, 1.54) is 38.2 Å². The highest BCUT2D eigenvalue weighted by molar-refractivity contribution is 5.74. The second-order valence-electron chi connectivity index (χ2n) is 4.80. The van der Waals surface area contributed by atoms with Crippen LogP contribution in [0.5, 0.6) is 0 Å². The second kappa shape index (κ2) is 4.76. The largest absolute Gasteiger partial charge is 0.351 e. The number of aromatic nitrogens is 3. The Bertz CT molecular complexity index is 601. The fourth-order valence-corrected chi connectivity index (χ4v) is 2.44. The highest BCUT2D eigenvalue weighted by Crippen LogP contribution is 2.20. The minimum atomic E-state index is -0.134. The van der Waals surface area contributed by atoms with Gasteiger partial charge in [-0.2, -0.15) is 4.98 Å². The smallest absolute Gasteiger partial charge is 0.249 e. The predicted octanol–water partition coefficient (Wildman–Crippen LogP) is 2.06. The molecule has 1 saturated carbocycles. The number of pyridine rings is 1. The number of hydrogen-bond acceptors (Lipinski definition) is 4. The van der Waals surface area contributed by atoms with E-state index in [1.54, 1.807) is 12.3 Å². The van der Waals surface area contributed by atoms with Crippen molar-refractivity contribution in [3.05, 3.63) is 28.7 Å². The first kappa shape index (κ1) is 11.2. The maximum atomic E-state index is 11.2. The molecule has 0 atom stereocenters. The number of nitrogens with one attached hydrogen (secondary N) is 2. The van der Waals surface area contributed by atoms with Gasteiger partial charge in [0, 0.05) is 23.7 Å². The summed E-state index contributed by atoms with van der Waals surface area (Å²) in [5.41, 5.74) is 0.459. The van der Waals surface area contributed by atoms with Crippen LogP contribution in [-0.2, 0) is 0 Å². The van der Waals surface area contributed by atoms with Crippen LogP contribution in [0.25, 0.3) is 11.0 Å². The molecule has 0 aliphatic heterocycles. The Kier molecular flexibility index (Phi) is 2.96. The molecule has 2 N–H and O–H groups in total. The standard InChI is InChI=1S/C13H16N4O/c18-11-7-6-9-8-14-13(17-12(9)16-11)15-10-4-2-1-3-5-10/h6-8,10H,1-5H2,(H2,14,15,16,17,18). The Balaban J connectivity index is 1.85. The Morgan fingerprint density at radius 1 is 1.22 bits per heavy atom. The lowest BCUT2D eigenvalue weighted by atomic mass is 9.96. The minimum absolute atomic E-state index is 0.134. The van der Waals surface area contributed by atoms with Crippen LogP contribution >= 0.6 is 0 Å². The van der Waals surface area contributed by atoms with Gasteiger partial charge in [0.15, 0.2) is 0 Å². The summed E-state index contributed by atoms with van der Waals surface area (Å²) in [6.07, 6.45) is 7.94. The molecule has 0 aromatic carbocycles. The van der Waals surface area contributed by atoms with E-state index < -0.39 is 0 Å². The van der Waals surface area contributed by atoms with E-state index in [2.05, 4.69) is 20.3 Å². The number of nitrogens with zero attached hydrogens (tertiary/aromatic N) is 2. The van der Waals surface area contributed by atoms with E-state index in [9.17, 15) is 4.79 Å². The number of H-pyrrole nitrogens is 1. The summed E-state index contributed by atoms with van der Waals surface area (Å²) >= 11 is 0. The molecule has 18 heavy (non-hydrogen) atoms. The molecule has 3 rings (SSSR count). The normalized spacial score (nSPS) is 16.9. The molecule has 94 valence electrons. The van der Waals surface area contributed by atoms with Crippen molar-refractivity contribution in [2.75, 3.05) is 5.32 Å². The Morgan fingerprint density at radius 3 is 2.89 bits per heavy atom. The van der Waals surface area contributed by atoms with Crippen LogP contribution in [0.3, 0.4) is 0 Å². The Morgan fingerprint density at radius 2 is 2.06 bits per heavy atom. The molecular weight excluding hydrogens is 228 g/mol. The van der Waals surface area contributed by atoms with Crippen molar-refractivity contribution < 1.29 is 0 Å². The molecule has 0 spiro atoms. The zero-order chi connectivity index (χ0) is 12.4. The van der Waals surface area contributed by atoms with Crippen molar-refractivity contribution in [2.24, 2.45) is 0 Å². The highest BCUT2D eigenvalue weighted by Gasteiger charge is 2.14.